The van der Waals surface area contributed by atoms with Gasteiger partial charge >= 0.3 is 6.09 Å². The Morgan fingerprint density at radius 1 is 1.16 bits per heavy atom. The second-order valence-corrected chi connectivity index (χ2v) is 9.15. The first-order valence-electron chi connectivity index (χ1n) is 11.9. The van der Waals surface area contributed by atoms with Gasteiger partial charge in [0.25, 0.3) is 0 Å². The topological polar surface area (TPSA) is 75.2 Å². The molecule has 3 heterocycles. The molecule has 1 aromatic heterocycles. The summed E-state index contributed by atoms with van der Waals surface area (Å²) < 4.78 is 10.8. The summed E-state index contributed by atoms with van der Waals surface area (Å²) in [6.45, 7) is 11.4. The van der Waals surface area contributed by atoms with Gasteiger partial charge in [-0.3, -0.25) is 14.7 Å². The van der Waals surface area contributed by atoms with Crippen molar-refractivity contribution in [3.63, 3.8) is 0 Å². The van der Waals surface area contributed by atoms with E-state index < -0.39 is 0 Å². The first-order chi connectivity index (χ1) is 15.5. The van der Waals surface area contributed by atoms with Crippen molar-refractivity contribution in [2.45, 2.75) is 39.7 Å². The van der Waals surface area contributed by atoms with Gasteiger partial charge in [0.15, 0.2) is 0 Å². The molecule has 0 aromatic carbocycles. The van der Waals surface area contributed by atoms with E-state index in [-0.39, 0.29) is 17.9 Å². The normalized spacial score (nSPS) is 18.0. The third-order valence-electron chi connectivity index (χ3n) is 6.08. The highest BCUT2D eigenvalue weighted by Gasteiger charge is 2.31. The van der Waals surface area contributed by atoms with Gasteiger partial charge in [-0.05, 0) is 42.9 Å². The summed E-state index contributed by atoms with van der Waals surface area (Å²) in [6, 6.07) is 3.94. The molecule has 3 rings (SSSR count). The number of pyridine rings is 1. The minimum atomic E-state index is -0.260. The van der Waals surface area contributed by atoms with Crippen molar-refractivity contribution in [2.75, 3.05) is 59.1 Å². The van der Waals surface area contributed by atoms with Crippen molar-refractivity contribution in [3.8, 4) is 0 Å². The lowest BCUT2D eigenvalue weighted by atomic mass is 9.95. The number of hydrogen-bond donors (Lipinski definition) is 0. The first kappa shape index (κ1) is 24.5. The van der Waals surface area contributed by atoms with Gasteiger partial charge in [0.05, 0.1) is 19.8 Å². The zero-order chi connectivity index (χ0) is 22.8. The highest BCUT2D eigenvalue weighted by atomic mass is 16.6. The molecular formula is C24H38N4O4. The number of piperidine rings is 1. The van der Waals surface area contributed by atoms with Crippen LogP contribution in [-0.4, -0.2) is 90.8 Å². The van der Waals surface area contributed by atoms with Crippen molar-refractivity contribution in [2.24, 2.45) is 11.8 Å². The average molecular weight is 447 g/mol. The number of amides is 2. The van der Waals surface area contributed by atoms with E-state index in [1.807, 2.05) is 30.9 Å². The largest absolute Gasteiger partial charge is 0.449 e. The summed E-state index contributed by atoms with van der Waals surface area (Å²) >= 11 is 0. The predicted molar refractivity (Wildman–Crippen MR) is 122 cm³/mol. The lowest BCUT2D eigenvalue weighted by molar-refractivity contribution is -0.137. The van der Waals surface area contributed by atoms with Crippen LogP contribution in [0.25, 0.3) is 0 Å². The smallest absolute Gasteiger partial charge is 0.409 e. The predicted octanol–water partition coefficient (Wildman–Crippen LogP) is 2.64. The molecule has 8 nitrogen and oxygen atoms in total. The number of carbonyl (C=O) groups is 2. The molecule has 0 N–H and O–H groups in total. The van der Waals surface area contributed by atoms with E-state index in [0.29, 0.717) is 45.0 Å². The van der Waals surface area contributed by atoms with Crippen LogP contribution in [0.4, 0.5) is 4.79 Å². The third kappa shape index (κ3) is 7.74. The Kier molecular flexibility index (Phi) is 9.74. The minimum absolute atomic E-state index is 0.0469. The van der Waals surface area contributed by atoms with E-state index in [2.05, 4.69) is 9.88 Å². The molecule has 178 valence electrons. The lowest BCUT2D eigenvalue weighted by Crippen LogP contribution is -2.45. The van der Waals surface area contributed by atoms with Crippen LogP contribution in [0, 0.1) is 11.8 Å². The van der Waals surface area contributed by atoms with Crippen LogP contribution in [0.15, 0.2) is 24.5 Å². The Bertz CT molecular complexity index is 701. The SMILES string of the molecule is CC(C)COC(=O)N1CCC(C(=O)N(CCCN2CCOCC2)Cc2ccncc2)CC1. The van der Waals surface area contributed by atoms with Crippen molar-refractivity contribution >= 4 is 12.0 Å². The second-order valence-electron chi connectivity index (χ2n) is 9.15. The molecule has 2 aliphatic heterocycles. The number of ether oxygens (including phenoxy) is 2. The number of carbonyl (C=O) groups excluding carboxylic acids is 2. The average Bonchev–Trinajstić information content (AvgIpc) is 2.83. The van der Waals surface area contributed by atoms with Gasteiger partial charge < -0.3 is 19.3 Å². The fraction of sp³-hybridized carbons (Fsp3) is 0.708. The zero-order valence-electron chi connectivity index (χ0n) is 19.6. The highest BCUT2D eigenvalue weighted by molar-refractivity contribution is 5.79. The molecule has 8 heteroatoms. The summed E-state index contributed by atoms with van der Waals surface area (Å²) in [5.74, 6) is 0.464. The Balaban J connectivity index is 1.52. The quantitative estimate of drug-likeness (QED) is 0.581. The van der Waals surface area contributed by atoms with Crippen LogP contribution in [0.3, 0.4) is 0 Å². The summed E-state index contributed by atoms with van der Waals surface area (Å²) in [7, 11) is 0. The van der Waals surface area contributed by atoms with Crippen LogP contribution in [0.1, 0.15) is 38.7 Å². The number of morpholine rings is 1. The Morgan fingerprint density at radius 2 is 1.84 bits per heavy atom. The van der Waals surface area contributed by atoms with E-state index in [4.69, 9.17) is 9.47 Å². The van der Waals surface area contributed by atoms with Gasteiger partial charge in [0.1, 0.15) is 0 Å². The van der Waals surface area contributed by atoms with Crippen LogP contribution in [-0.2, 0) is 20.8 Å². The zero-order valence-corrected chi connectivity index (χ0v) is 19.6. The molecular weight excluding hydrogens is 408 g/mol. The van der Waals surface area contributed by atoms with Gasteiger partial charge in [-0.2, -0.15) is 0 Å². The number of rotatable bonds is 9. The third-order valence-corrected chi connectivity index (χ3v) is 6.08. The maximum atomic E-state index is 13.4. The standard InChI is InChI=1S/C24H38N4O4/c1-20(2)19-32-24(30)27-12-6-22(7-13-27)23(29)28(18-21-4-8-25-9-5-21)11-3-10-26-14-16-31-17-15-26/h4-5,8-9,20,22H,3,6-7,10-19H2,1-2H3. The molecule has 0 spiro atoms. The molecule has 2 saturated heterocycles. The molecule has 0 bridgehead atoms. The van der Waals surface area contributed by atoms with Crippen molar-refractivity contribution in [1.29, 1.82) is 0 Å². The fourth-order valence-electron chi connectivity index (χ4n) is 4.18. The van der Waals surface area contributed by atoms with Gasteiger partial charge in [-0.25, -0.2) is 4.79 Å². The molecule has 0 atom stereocenters. The van der Waals surface area contributed by atoms with Crippen LogP contribution in [0.5, 0.6) is 0 Å². The van der Waals surface area contributed by atoms with Crippen LogP contribution < -0.4 is 0 Å². The molecule has 0 unspecified atom stereocenters. The molecule has 1 aromatic rings. The van der Waals surface area contributed by atoms with E-state index in [9.17, 15) is 9.59 Å². The van der Waals surface area contributed by atoms with Gasteiger partial charge in [0.2, 0.25) is 5.91 Å². The van der Waals surface area contributed by atoms with Crippen LogP contribution >= 0.6 is 0 Å². The van der Waals surface area contributed by atoms with Crippen molar-refractivity contribution in [3.05, 3.63) is 30.1 Å². The Hall–Kier alpha value is -2.19. The van der Waals surface area contributed by atoms with E-state index in [1.54, 1.807) is 17.3 Å². The highest BCUT2D eigenvalue weighted by Crippen LogP contribution is 2.22. The fourth-order valence-corrected chi connectivity index (χ4v) is 4.18. The summed E-state index contributed by atoms with van der Waals surface area (Å²) in [5.41, 5.74) is 1.09. The van der Waals surface area contributed by atoms with E-state index in [0.717, 1.165) is 51.4 Å². The Labute approximate surface area is 191 Å². The maximum absolute atomic E-state index is 13.4. The maximum Gasteiger partial charge on any atom is 0.409 e. The van der Waals surface area contributed by atoms with Crippen molar-refractivity contribution in [1.82, 2.24) is 19.7 Å². The summed E-state index contributed by atoms with van der Waals surface area (Å²) in [5, 5.41) is 0. The summed E-state index contributed by atoms with van der Waals surface area (Å²) in [6.07, 6.45) is 5.60. The molecule has 0 radical (unpaired) electrons. The van der Waals surface area contributed by atoms with Gasteiger partial charge in [0, 0.05) is 64.1 Å². The molecule has 0 aliphatic carbocycles. The van der Waals surface area contributed by atoms with E-state index >= 15 is 0 Å². The molecule has 2 amide bonds. The van der Waals surface area contributed by atoms with E-state index in [1.165, 1.54) is 0 Å². The molecule has 2 fully saturated rings. The monoisotopic (exact) mass is 446 g/mol. The van der Waals surface area contributed by atoms with Crippen molar-refractivity contribution < 1.29 is 19.1 Å². The second kappa shape index (κ2) is 12.7. The van der Waals surface area contributed by atoms with Gasteiger partial charge in [-0.15, -0.1) is 0 Å². The van der Waals surface area contributed by atoms with Gasteiger partial charge in [-0.1, -0.05) is 13.8 Å². The van der Waals surface area contributed by atoms with Crippen LogP contribution in [0.2, 0.25) is 0 Å². The molecule has 0 saturated carbocycles. The number of aromatic nitrogens is 1. The Morgan fingerprint density at radius 3 is 2.50 bits per heavy atom. The minimum Gasteiger partial charge on any atom is -0.449 e. The molecule has 2 aliphatic rings. The number of likely N-dealkylation sites (tertiary alicyclic amines) is 1. The summed E-state index contributed by atoms with van der Waals surface area (Å²) in [4.78, 5) is 35.9. The molecule has 32 heavy (non-hydrogen) atoms. The number of nitrogens with zero attached hydrogens (tertiary/aromatic N) is 4. The first-order valence-corrected chi connectivity index (χ1v) is 11.9. The number of hydrogen-bond acceptors (Lipinski definition) is 6. The lowest BCUT2D eigenvalue weighted by Gasteiger charge is -2.34.